The lowest BCUT2D eigenvalue weighted by Crippen LogP contribution is -2.58. The maximum absolute atomic E-state index is 13.4. The summed E-state index contributed by atoms with van der Waals surface area (Å²) in [5, 5.41) is 2.98. The normalized spacial score (nSPS) is 20.5. The van der Waals surface area contributed by atoms with Crippen molar-refractivity contribution in [2.24, 2.45) is 17.1 Å². The fourth-order valence-electron chi connectivity index (χ4n) is 4.51. The Kier molecular flexibility index (Phi) is 6.42. The van der Waals surface area contributed by atoms with Crippen molar-refractivity contribution in [3.8, 4) is 0 Å². The van der Waals surface area contributed by atoms with Gasteiger partial charge in [0.1, 0.15) is 6.04 Å². The van der Waals surface area contributed by atoms with Gasteiger partial charge in [-0.3, -0.25) is 9.59 Å². The van der Waals surface area contributed by atoms with E-state index in [1.165, 1.54) is 11.1 Å². The van der Waals surface area contributed by atoms with Gasteiger partial charge in [0, 0.05) is 18.5 Å². The van der Waals surface area contributed by atoms with Crippen LogP contribution in [0.15, 0.2) is 30.3 Å². The summed E-state index contributed by atoms with van der Waals surface area (Å²) in [6.07, 6.45) is 7.16. The van der Waals surface area contributed by atoms with Crippen LogP contribution in [-0.4, -0.2) is 41.9 Å². The Labute approximate surface area is 181 Å². The SMILES string of the molecule is CC[C@H](C)C(NC(=O)[C@@H](N)C(C)(C)C)C(=O)N1CCC2(C=Cc3ccccc32)CC1. The van der Waals surface area contributed by atoms with Crippen LogP contribution in [0.3, 0.4) is 0 Å². The molecule has 1 aliphatic carbocycles. The van der Waals surface area contributed by atoms with Gasteiger partial charge in [-0.25, -0.2) is 0 Å². The van der Waals surface area contributed by atoms with Crippen molar-refractivity contribution < 1.29 is 9.59 Å². The molecular weight excluding hydrogens is 374 g/mol. The Morgan fingerprint density at radius 1 is 1.20 bits per heavy atom. The van der Waals surface area contributed by atoms with E-state index in [2.05, 4.69) is 41.7 Å². The van der Waals surface area contributed by atoms with Crippen LogP contribution in [0.4, 0.5) is 0 Å². The summed E-state index contributed by atoms with van der Waals surface area (Å²) < 4.78 is 0. The first-order chi connectivity index (χ1) is 14.1. The molecule has 2 aliphatic rings. The number of benzene rings is 1. The Bertz CT molecular complexity index is 816. The third kappa shape index (κ3) is 4.31. The summed E-state index contributed by atoms with van der Waals surface area (Å²) in [6, 6.07) is 7.35. The maximum atomic E-state index is 13.4. The number of nitrogens with zero attached hydrogens (tertiary/aromatic N) is 1. The number of piperidine rings is 1. The molecule has 1 saturated heterocycles. The van der Waals surface area contributed by atoms with Crippen LogP contribution in [0.5, 0.6) is 0 Å². The number of hydrogen-bond donors (Lipinski definition) is 2. The van der Waals surface area contributed by atoms with Crippen LogP contribution >= 0.6 is 0 Å². The van der Waals surface area contributed by atoms with Crippen molar-refractivity contribution in [1.82, 2.24) is 10.2 Å². The fraction of sp³-hybridized carbons (Fsp3) is 0.600. The molecular formula is C25H37N3O2. The molecule has 5 heteroatoms. The van der Waals surface area contributed by atoms with Crippen molar-refractivity contribution >= 4 is 17.9 Å². The van der Waals surface area contributed by atoms with Gasteiger partial charge in [-0.2, -0.15) is 0 Å². The molecule has 1 unspecified atom stereocenters. The molecule has 3 rings (SSSR count). The highest BCUT2D eigenvalue weighted by Gasteiger charge is 2.41. The smallest absolute Gasteiger partial charge is 0.245 e. The van der Waals surface area contributed by atoms with Crippen molar-refractivity contribution in [3.05, 3.63) is 41.5 Å². The summed E-state index contributed by atoms with van der Waals surface area (Å²) >= 11 is 0. The Hall–Kier alpha value is -2.14. The molecule has 3 atom stereocenters. The molecule has 1 aromatic rings. The predicted molar refractivity (Wildman–Crippen MR) is 122 cm³/mol. The number of carbonyl (C=O) groups excluding carboxylic acids is 2. The number of rotatable bonds is 5. The summed E-state index contributed by atoms with van der Waals surface area (Å²) in [6.45, 7) is 11.3. The molecule has 1 heterocycles. The molecule has 1 aliphatic heterocycles. The fourth-order valence-corrected chi connectivity index (χ4v) is 4.51. The predicted octanol–water partition coefficient (Wildman–Crippen LogP) is 3.48. The van der Waals surface area contributed by atoms with Crippen LogP contribution in [0, 0.1) is 11.3 Å². The second-order valence-corrected chi connectivity index (χ2v) is 10.1. The number of amides is 2. The van der Waals surface area contributed by atoms with Crippen molar-refractivity contribution in [2.45, 2.75) is 71.4 Å². The zero-order valence-corrected chi connectivity index (χ0v) is 19.1. The van der Waals surface area contributed by atoms with Gasteiger partial charge < -0.3 is 16.0 Å². The number of carbonyl (C=O) groups is 2. The summed E-state index contributed by atoms with van der Waals surface area (Å²) in [7, 11) is 0. The molecule has 2 amide bonds. The van der Waals surface area contributed by atoms with Crippen molar-refractivity contribution in [2.75, 3.05) is 13.1 Å². The largest absolute Gasteiger partial charge is 0.343 e. The highest BCUT2D eigenvalue weighted by atomic mass is 16.2. The van der Waals surface area contributed by atoms with Gasteiger partial charge >= 0.3 is 0 Å². The van der Waals surface area contributed by atoms with Gasteiger partial charge in [-0.15, -0.1) is 0 Å². The summed E-state index contributed by atoms with van der Waals surface area (Å²) in [5.41, 5.74) is 8.49. The second kappa shape index (κ2) is 8.54. The van der Waals surface area contributed by atoms with Gasteiger partial charge in [-0.05, 0) is 35.3 Å². The lowest BCUT2D eigenvalue weighted by molar-refractivity contribution is -0.140. The minimum Gasteiger partial charge on any atom is -0.343 e. The van der Waals surface area contributed by atoms with E-state index in [4.69, 9.17) is 5.73 Å². The van der Waals surface area contributed by atoms with E-state index < -0.39 is 12.1 Å². The van der Waals surface area contributed by atoms with Crippen LogP contribution in [0.2, 0.25) is 0 Å². The average Bonchev–Trinajstić information content (AvgIpc) is 3.08. The standard InChI is InChI=1S/C25H37N3O2/c1-6-17(2)20(27-22(29)21(26)24(3,4)5)23(30)28-15-13-25(14-16-28)12-11-18-9-7-8-10-19(18)25/h7-12,17,20-21H,6,13-16,26H2,1-5H3,(H,27,29)/t17-,20?,21+/m0/s1. The van der Waals surface area contributed by atoms with Gasteiger partial charge in [0.15, 0.2) is 0 Å². The number of nitrogens with two attached hydrogens (primary N) is 1. The molecule has 164 valence electrons. The van der Waals surface area contributed by atoms with Crippen LogP contribution in [0.25, 0.3) is 6.08 Å². The summed E-state index contributed by atoms with van der Waals surface area (Å²) in [5.74, 6) is -0.178. The van der Waals surface area contributed by atoms with E-state index >= 15 is 0 Å². The monoisotopic (exact) mass is 411 g/mol. The third-order valence-corrected chi connectivity index (χ3v) is 7.04. The van der Waals surface area contributed by atoms with E-state index in [1.54, 1.807) is 0 Å². The van der Waals surface area contributed by atoms with Gasteiger partial charge in [0.25, 0.3) is 0 Å². The Balaban J connectivity index is 1.70. The van der Waals surface area contributed by atoms with E-state index in [0.717, 1.165) is 19.3 Å². The molecule has 0 aromatic heterocycles. The van der Waals surface area contributed by atoms with Crippen LogP contribution in [0.1, 0.15) is 65.0 Å². The van der Waals surface area contributed by atoms with Crippen LogP contribution < -0.4 is 11.1 Å². The molecule has 1 spiro atoms. The highest BCUT2D eigenvalue weighted by Crippen LogP contribution is 2.43. The molecule has 0 saturated carbocycles. The maximum Gasteiger partial charge on any atom is 0.245 e. The number of hydrogen-bond acceptors (Lipinski definition) is 3. The molecule has 1 fully saturated rings. The Morgan fingerprint density at radius 2 is 1.83 bits per heavy atom. The number of fused-ring (bicyclic) bond motifs is 2. The number of nitrogens with one attached hydrogen (secondary N) is 1. The van der Waals surface area contributed by atoms with Crippen LogP contribution in [-0.2, 0) is 15.0 Å². The highest BCUT2D eigenvalue weighted by molar-refractivity contribution is 5.90. The molecule has 0 bridgehead atoms. The minimum absolute atomic E-state index is 0.0175. The quantitative estimate of drug-likeness (QED) is 0.779. The average molecular weight is 412 g/mol. The van der Waals surface area contributed by atoms with E-state index in [9.17, 15) is 9.59 Å². The van der Waals surface area contributed by atoms with Gasteiger partial charge in [0.05, 0.1) is 6.04 Å². The minimum atomic E-state index is -0.651. The van der Waals surface area contributed by atoms with E-state index in [0.29, 0.717) is 13.1 Å². The molecule has 1 aromatic carbocycles. The molecule has 30 heavy (non-hydrogen) atoms. The summed E-state index contributed by atoms with van der Waals surface area (Å²) in [4.78, 5) is 28.1. The second-order valence-electron chi connectivity index (χ2n) is 10.1. The van der Waals surface area contributed by atoms with Crippen molar-refractivity contribution in [1.29, 1.82) is 0 Å². The third-order valence-electron chi connectivity index (χ3n) is 7.04. The van der Waals surface area contributed by atoms with E-state index in [-0.39, 0.29) is 28.6 Å². The Morgan fingerprint density at radius 3 is 2.43 bits per heavy atom. The van der Waals surface area contributed by atoms with Gasteiger partial charge in [-0.1, -0.05) is 77.5 Å². The topological polar surface area (TPSA) is 75.4 Å². The van der Waals surface area contributed by atoms with E-state index in [1.807, 2.05) is 39.5 Å². The van der Waals surface area contributed by atoms with Gasteiger partial charge in [0.2, 0.25) is 11.8 Å². The first-order valence-electron chi connectivity index (χ1n) is 11.2. The first kappa shape index (κ1) is 22.5. The molecule has 3 N–H and O–H groups in total. The number of allylic oxidation sites excluding steroid dienone is 1. The number of likely N-dealkylation sites (tertiary alicyclic amines) is 1. The zero-order chi connectivity index (χ0) is 22.1. The first-order valence-corrected chi connectivity index (χ1v) is 11.2. The lowest BCUT2D eigenvalue weighted by atomic mass is 9.74. The molecule has 5 nitrogen and oxygen atoms in total. The van der Waals surface area contributed by atoms with Crippen molar-refractivity contribution in [3.63, 3.8) is 0 Å². The zero-order valence-electron chi connectivity index (χ0n) is 19.1. The lowest BCUT2D eigenvalue weighted by Gasteiger charge is -2.41. The molecule has 0 radical (unpaired) electrons.